The number of fused-ring (bicyclic) bond motifs is 1. The van der Waals surface area contributed by atoms with E-state index in [4.69, 9.17) is 14.2 Å². The summed E-state index contributed by atoms with van der Waals surface area (Å²) in [4.78, 5) is 12.3. The number of phenols is 2. The minimum Gasteiger partial charge on any atom is -0.508 e. The van der Waals surface area contributed by atoms with Crippen LogP contribution in [0.1, 0.15) is 28.4 Å². The van der Waals surface area contributed by atoms with Crippen molar-refractivity contribution in [2.45, 2.75) is 12.5 Å². The molecule has 0 bridgehead atoms. The van der Waals surface area contributed by atoms with Crippen LogP contribution < -0.4 is 14.2 Å². The molecule has 23 heavy (non-hydrogen) atoms. The third kappa shape index (κ3) is 2.63. The zero-order valence-electron chi connectivity index (χ0n) is 12.7. The Morgan fingerprint density at radius 1 is 1.09 bits per heavy atom. The highest BCUT2D eigenvalue weighted by molar-refractivity contribution is 6.02. The first-order valence-electron chi connectivity index (χ1n) is 7.01. The summed E-state index contributed by atoms with van der Waals surface area (Å²) in [6.45, 7) is 0. The van der Waals surface area contributed by atoms with Gasteiger partial charge in [0.15, 0.2) is 17.3 Å². The zero-order valence-corrected chi connectivity index (χ0v) is 12.7. The van der Waals surface area contributed by atoms with Crippen molar-refractivity contribution < 1.29 is 29.2 Å². The summed E-state index contributed by atoms with van der Waals surface area (Å²) in [7, 11) is 3.07. The first-order chi connectivity index (χ1) is 11.0. The highest BCUT2D eigenvalue weighted by Crippen LogP contribution is 2.42. The number of hydrogen-bond acceptors (Lipinski definition) is 6. The number of carbonyl (C=O) groups excluding carboxylic acids is 1. The van der Waals surface area contributed by atoms with Crippen LogP contribution in [0.5, 0.6) is 28.7 Å². The van der Waals surface area contributed by atoms with Gasteiger partial charge in [0.25, 0.3) is 0 Å². The second-order valence-corrected chi connectivity index (χ2v) is 5.19. The van der Waals surface area contributed by atoms with Crippen LogP contribution in [0.25, 0.3) is 0 Å². The van der Waals surface area contributed by atoms with Crippen LogP contribution in [0.15, 0.2) is 30.3 Å². The van der Waals surface area contributed by atoms with Gasteiger partial charge in [0.2, 0.25) is 0 Å². The van der Waals surface area contributed by atoms with Crippen LogP contribution in [0.4, 0.5) is 0 Å². The number of benzene rings is 2. The van der Waals surface area contributed by atoms with Crippen molar-refractivity contribution in [3.8, 4) is 28.7 Å². The maximum absolute atomic E-state index is 12.3. The highest BCUT2D eigenvalue weighted by Gasteiger charge is 2.31. The highest BCUT2D eigenvalue weighted by atomic mass is 16.5. The van der Waals surface area contributed by atoms with Gasteiger partial charge in [-0.1, -0.05) is 6.07 Å². The lowest BCUT2D eigenvalue weighted by molar-refractivity contribution is 0.0844. The third-order valence-electron chi connectivity index (χ3n) is 3.76. The largest absolute Gasteiger partial charge is 0.508 e. The lowest BCUT2D eigenvalue weighted by atomic mass is 9.95. The fourth-order valence-electron chi connectivity index (χ4n) is 2.66. The molecule has 0 aliphatic carbocycles. The summed E-state index contributed by atoms with van der Waals surface area (Å²) in [6.07, 6.45) is -0.447. The predicted octanol–water partition coefficient (Wildman–Crippen LogP) is 2.82. The van der Waals surface area contributed by atoms with Gasteiger partial charge in [-0.2, -0.15) is 0 Å². The molecule has 1 heterocycles. The van der Waals surface area contributed by atoms with Crippen molar-refractivity contribution >= 4 is 5.78 Å². The van der Waals surface area contributed by atoms with Crippen LogP contribution in [-0.4, -0.2) is 30.2 Å². The molecule has 0 fully saturated rings. The topological polar surface area (TPSA) is 85.2 Å². The molecule has 1 aliphatic heterocycles. The van der Waals surface area contributed by atoms with Crippen molar-refractivity contribution in [3.05, 3.63) is 41.5 Å². The van der Waals surface area contributed by atoms with Crippen molar-refractivity contribution in [1.82, 2.24) is 0 Å². The Labute approximate surface area is 132 Å². The Morgan fingerprint density at radius 3 is 2.52 bits per heavy atom. The summed E-state index contributed by atoms with van der Waals surface area (Å²) in [6, 6.07) is 7.70. The van der Waals surface area contributed by atoms with Crippen molar-refractivity contribution in [2.75, 3.05) is 14.2 Å². The number of hydrogen-bond donors (Lipinski definition) is 2. The molecule has 1 atom stereocenters. The maximum Gasteiger partial charge on any atom is 0.174 e. The van der Waals surface area contributed by atoms with Gasteiger partial charge in [0.05, 0.1) is 20.6 Å². The molecule has 6 heteroatoms. The number of ether oxygens (including phenoxy) is 3. The average Bonchev–Trinajstić information content (AvgIpc) is 2.52. The molecule has 0 spiro atoms. The molecule has 0 radical (unpaired) electrons. The van der Waals surface area contributed by atoms with E-state index in [1.54, 1.807) is 25.3 Å². The number of Topliss-reactive ketones (excluding diaryl/α,β-unsaturated/α-hetero) is 1. The molecular weight excluding hydrogens is 300 g/mol. The van der Waals surface area contributed by atoms with E-state index >= 15 is 0 Å². The van der Waals surface area contributed by atoms with Gasteiger partial charge in [-0.3, -0.25) is 4.79 Å². The molecule has 120 valence electrons. The van der Waals surface area contributed by atoms with Gasteiger partial charge in [0.1, 0.15) is 28.9 Å². The molecule has 0 saturated carbocycles. The van der Waals surface area contributed by atoms with Crippen LogP contribution in [0, 0.1) is 0 Å². The number of aromatic hydroxyl groups is 2. The molecule has 1 aliphatic rings. The monoisotopic (exact) mass is 316 g/mol. The predicted molar refractivity (Wildman–Crippen MR) is 81.6 cm³/mol. The first-order valence-corrected chi connectivity index (χ1v) is 7.01. The lowest BCUT2D eigenvalue weighted by Crippen LogP contribution is -2.20. The summed E-state index contributed by atoms with van der Waals surface area (Å²) in [5.41, 5.74) is 0.837. The van der Waals surface area contributed by atoms with E-state index in [0.29, 0.717) is 11.5 Å². The van der Waals surface area contributed by atoms with Gasteiger partial charge in [0, 0.05) is 12.1 Å². The SMILES string of the molecule is COc1ccc(C2CC(=O)c3c(O)cc(O)cc3O2)cc1OC. The Kier molecular flexibility index (Phi) is 3.73. The Morgan fingerprint density at radius 2 is 1.83 bits per heavy atom. The van der Waals surface area contributed by atoms with E-state index < -0.39 is 6.10 Å². The maximum atomic E-state index is 12.3. The van der Waals surface area contributed by atoms with E-state index in [9.17, 15) is 15.0 Å². The normalized spacial score (nSPS) is 16.4. The van der Waals surface area contributed by atoms with Crippen molar-refractivity contribution in [2.24, 2.45) is 0 Å². The number of carbonyl (C=O) groups is 1. The molecule has 6 nitrogen and oxygen atoms in total. The van der Waals surface area contributed by atoms with Gasteiger partial charge in [-0.05, 0) is 17.7 Å². The molecule has 2 N–H and O–H groups in total. The molecule has 2 aromatic carbocycles. The standard InChI is InChI=1S/C17H16O6/c1-21-13-4-3-9(5-15(13)22-2)14-8-12(20)17-11(19)6-10(18)7-16(17)23-14/h3-7,14,18-19H,8H2,1-2H3. The van der Waals surface area contributed by atoms with E-state index in [1.807, 2.05) is 0 Å². The van der Waals surface area contributed by atoms with Crippen molar-refractivity contribution in [1.29, 1.82) is 0 Å². The molecule has 0 saturated heterocycles. The summed E-state index contributed by atoms with van der Waals surface area (Å²) in [5, 5.41) is 19.4. The fourth-order valence-corrected chi connectivity index (χ4v) is 2.66. The Balaban J connectivity index is 1.99. The van der Waals surface area contributed by atoms with Gasteiger partial charge < -0.3 is 24.4 Å². The number of rotatable bonds is 3. The second kappa shape index (κ2) is 5.72. The molecule has 2 aromatic rings. The van der Waals surface area contributed by atoms with Gasteiger partial charge >= 0.3 is 0 Å². The Bertz CT molecular complexity index is 768. The van der Waals surface area contributed by atoms with Crippen LogP contribution in [-0.2, 0) is 0 Å². The van der Waals surface area contributed by atoms with Crippen LogP contribution in [0.3, 0.4) is 0 Å². The summed E-state index contributed by atoms with van der Waals surface area (Å²) in [5.74, 6) is 0.583. The molecule has 3 rings (SSSR count). The number of ketones is 1. The Hall–Kier alpha value is -2.89. The lowest BCUT2D eigenvalue weighted by Gasteiger charge is -2.26. The quantitative estimate of drug-likeness (QED) is 0.905. The van der Waals surface area contributed by atoms with E-state index in [-0.39, 0.29) is 35.0 Å². The van der Waals surface area contributed by atoms with E-state index in [2.05, 4.69) is 0 Å². The third-order valence-corrected chi connectivity index (χ3v) is 3.76. The number of phenolic OH excluding ortho intramolecular Hbond substituents is 2. The fraction of sp³-hybridized carbons (Fsp3) is 0.235. The van der Waals surface area contributed by atoms with Crippen LogP contribution in [0.2, 0.25) is 0 Å². The van der Waals surface area contributed by atoms with Crippen molar-refractivity contribution in [3.63, 3.8) is 0 Å². The number of methoxy groups -OCH3 is 2. The van der Waals surface area contributed by atoms with Gasteiger partial charge in [-0.15, -0.1) is 0 Å². The van der Waals surface area contributed by atoms with Crippen LogP contribution >= 0.6 is 0 Å². The smallest absolute Gasteiger partial charge is 0.174 e. The molecule has 0 amide bonds. The zero-order chi connectivity index (χ0) is 16.6. The van der Waals surface area contributed by atoms with Gasteiger partial charge in [-0.25, -0.2) is 0 Å². The molecular formula is C17H16O6. The minimum absolute atomic E-state index is 0.0841. The second-order valence-electron chi connectivity index (χ2n) is 5.19. The average molecular weight is 316 g/mol. The minimum atomic E-state index is -0.531. The van der Waals surface area contributed by atoms with E-state index in [1.165, 1.54) is 13.2 Å². The first kappa shape index (κ1) is 15.0. The summed E-state index contributed by atoms with van der Waals surface area (Å²) < 4.78 is 16.2. The van der Waals surface area contributed by atoms with E-state index in [0.717, 1.165) is 11.6 Å². The molecule has 1 unspecified atom stereocenters. The summed E-state index contributed by atoms with van der Waals surface area (Å²) >= 11 is 0. The molecule has 0 aromatic heterocycles.